The fourth-order valence-corrected chi connectivity index (χ4v) is 7.72. The number of carbonyl (C=O) groups is 1. The number of nitrogens with one attached hydrogen (secondary N) is 1. The van der Waals surface area contributed by atoms with E-state index in [0.717, 1.165) is 5.56 Å². The molecule has 0 saturated carbocycles. The number of amides is 1. The molecule has 2 aliphatic rings. The van der Waals surface area contributed by atoms with Gasteiger partial charge >= 0.3 is 6.09 Å². The zero-order chi connectivity index (χ0) is 34.1. The van der Waals surface area contributed by atoms with Gasteiger partial charge in [0.05, 0.1) is 24.0 Å². The first-order valence-electron chi connectivity index (χ1n) is 15.3. The van der Waals surface area contributed by atoms with E-state index in [2.05, 4.69) is 30.6 Å². The molecule has 6 atom stereocenters. The molecule has 0 spiro atoms. The molecule has 6 heterocycles. The number of carbonyl (C=O) groups excluding carboxylic acids is 1. The Morgan fingerprint density at radius 2 is 2.00 bits per heavy atom. The van der Waals surface area contributed by atoms with Gasteiger partial charge in [-0.2, -0.15) is 0 Å². The average molecular weight is 726 g/mol. The van der Waals surface area contributed by atoms with E-state index < -0.39 is 47.8 Å². The number of oxazole rings is 1. The maximum atomic E-state index is 12.3. The van der Waals surface area contributed by atoms with E-state index in [4.69, 9.17) is 39.7 Å². The highest BCUT2D eigenvalue weighted by Crippen LogP contribution is 2.46. The summed E-state index contributed by atoms with van der Waals surface area (Å²) in [6.07, 6.45) is 3.48. The second-order valence-electron chi connectivity index (χ2n) is 12.1. The first-order valence-corrected chi connectivity index (χ1v) is 17.4. The van der Waals surface area contributed by atoms with Crippen LogP contribution in [0.15, 0.2) is 75.9 Å². The Morgan fingerprint density at radius 1 is 1.16 bits per heavy atom. The molecule has 2 fully saturated rings. The van der Waals surface area contributed by atoms with Gasteiger partial charge < -0.3 is 28.1 Å². The zero-order valence-corrected chi connectivity index (χ0v) is 29.1. The summed E-state index contributed by atoms with van der Waals surface area (Å²) in [7, 11) is 1.61. The lowest BCUT2D eigenvalue weighted by Crippen LogP contribution is -2.59. The summed E-state index contributed by atoms with van der Waals surface area (Å²) in [5.41, 5.74) is 1.17. The van der Waals surface area contributed by atoms with Gasteiger partial charge in [-0.25, -0.2) is 24.4 Å². The van der Waals surface area contributed by atoms with Crippen LogP contribution in [0.5, 0.6) is 0 Å². The minimum Gasteiger partial charge on any atom is -0.444 e. The maximum absolute atomic E-state index is 12.3. The number of pyridine rings is 1. The highest BCUT2D eigenvalue weighted by molar-refractivity contribution is 8.00. The number of methoxy groups -OCH3 is 1. The van der Waals surface area contributed by atoms with Crippen molar-refractivity contribution in [1.29, 1.82) is 0 Å². The van der Waals surface area contributed by atoms with Crippen LogP contribution in [0.4, 0.5) is 9.93 Å². The van der Waals surface area contributed by atoms with Crippen LogP contribution in [-0.4, -0.2) is 79.1 Å². The standard InChI is InChI=1S/C32H32ClN7O7S2/c1-32(2,3)47-31(41)37-30-36-20(16-48-30)19-14-40(39-38-19)24-25-21(15-44-28(46-25)17-8-6-5-7-9-17)45-29(26(24)42-4)49-22-12-18(33)13-35-23(22)27-34-10-11-43-27/h5-14,16,21,24-26,28-29H,15H2,1-4H3,(H,36,37,41)/t21?,24?,25-,26?,28?,29+/m0/s1. The van der Waals surface area contributed by atoms with E-state index >= 15 is 0 Å². The normalized spacial score (nSPS) is 23.9. The van der Waals surface area contributed by atoms with Gasteiger partial charge in [0.1, 0.15) is 58.7 Å². The smallest absolute Gasteiger partial charge is 0.413 e. The second kappa shape index (κ2) is 14.1. The number of benzene rings is 1. The van der Waals surface area contributed by atoms with Crippen LogP contribution in [-0.2, 0) is 23.7 Å². The third-order valence-corrected chi connectivity index (χ3v) is 9.68. The van der Waals surface area contributed by atoms with Gasteiger partial charge in [0, 0.05) is 29.1 Å². The molecule has 2 aliphatic heterocycles. The van der Waals surface area contributed by atoms with Gasteiger partial charge in [-0.3, -0.25) is 5.32 Å². The third-order valence-electron chi connectivity index (χ3n) is 7.54. The van der Waals surface area contributed by atoms with Crippen LogP contribution >= 0.6 is 34.7 Å². The van der Waals surface area contributed by atoms with Crippen molar-refractivity contribution in [2.75, 3.05) is 19.0 Å². The van der Waals surface area contributed by atoms with E-state index in [1.54, 1.807) is 56.4 Å². The van der Waals surface area contributed by atoms with Crippen LogP contribution < -0.4 is 5.32 Å². The highest BCUT2D eigenvalue weighted by Gasteiger charge is 2.52. The van der Waals surface area contributed by atoms with Gasteiger partial charge in [0.25, 0.3) is 0 Å². The molecule has 2 saturated heterocycles. The lowest BCUT2D eigenvalue weighted by molar-refractivity contribution is -0.308. The molecule has 1 amide bonds. The minimum absolute atomic E-state index is 0.252. The zero-order valence-electron chi connectivity index (χ0n) is 26.8. The Kier molecular flexibility index (Phi) is 9.70. The maximum Gasteiger partial charge on any atom is 0.413 e. The summed E-state index contributed by atoms with van der Waals surface area (Å²) in [6, 6.07) is 11.0. The Morgan fingerprint density at radius 3 is 2.76 bits per heavy atom. The number of rotatable bonds is 8. The van der Waals surface area contributed by atoms with Crippen LogP contribution in [0.1, 0.15) is 38.7 Å². The van der Waals surface area contributed by atoms with E-state index in [1.165, 1.54) is 35.6 Å². The summed E-state index contributed by atoms with van der Waals surface area (Å²) < 4.78 is 38.3. The molecule has 5 aromatic rings. The van der Waals surface area contributed by atoms with E-state index in [9.17, 15) is 4.79 Å². The Hall–Kier alpha value is -3.90. The summed E-state index contributed by atoms with van der Waals surface area (Å²) in [5, 5.41) is 14.2. The van der Waals surface area contributed by atoms with E-state index in [-0.39, 0.29) is 6.61 Å². The highest BCUT2D eigenvalue weighted by atomic mass is 35.5. The third kappa shape index (κ3) is 7.50. The molecule has 256 valence electrons. The van der Waals surface area contributed by atoms with Crippen molar-refractivity contribution < 1.29 is 32.9 Å². The topological polar surface area (TPSA) is 158 Å². The summed E-state index contributed by atoms with van der Waals surface area (Å²) in [4.78, 5) is 26.3. The predicted octanol–water partition coefficient (Wildman–Crippen LogP) is 6.64. The first kappa shape index (κ1) is 33.6. The second-order valence-corrected chi connectivity index (χ2v) is 14.5. The fourth-order valence-electron chi connectivity index (χ4n) is 5.51. The molecule has 0 bridgehead atoms. The molecule has 0 aliphatic carbocycles. The summed E-state index contributed by atoms with van der Waals surface area (Å²) in [5.74, 6) is 0.345. The summed E-state index contributed by atoms with van der Waals surface area (Å²) >= 11 is 9.02. The Balaban J connectivity index is 1.20. The minimum atomic E-state index is -0.644. The SMILES string of the molecule is COC1C(n2cc(-c3csc(NC(=O)OC(C)(C)C)n3)nn2)[C@H]2OC(c3ccccc3)OCC2O[C@@H]1Sc1cc(Cl)cnc1-c1ncco1. The van der Waals surface area contributed by atoms with Crippen LogP contribution in [0.2, 0.25) is 5.02 Å². The number of ether oxygens (including phenoxy) is 5. The molecule has 7 rings (SSSR count). The Labute approximate surface area is 294 Å². The number of aromatic nitrogens is 6. The van der Waals surface area contributed by atoms with Gasteiger partial charge in [-0.1, -0.05) is 58.9 Å². The number of thioether (sulfide) groups is 1. The monoisotopic (exact) mass is 725 g/mol. The van der Waals surface area contributed by atoms with E-state index in [1.807, 2.05) is 30.3 Å². The van der Waals surface area contributed by atoms with E-state index in [0.29, 0.717) is 38.0 Å². The number of hydrogen-bond donors (Lipinski definition) is 1. The molecule has 17 heteroatoms. The Bertz CT molecular complexity index is 1890. The molecule has 49 heavy (non-hydrogen) atoms. The van der Waals surface area contributed by atoms with Crippen molar-refractivity contribution in [1.82, 2.24) is 29.9 Å². The largest absolute Gasteiger partial charge is 0.444 e. The molecule has 1 N–H and O–H groups in total. The molecular formula is C32H32ClN7O7S2. The molecule has 4 aromatic heterocycles. The van der Waals surface area contributed by atoms with Crippen LogP contribution in [0.25, 0.3) is 23.0 Å². The van der Waals surface area contributed by atoms with Crippen molar-refractivity contribution in [3.63, 3.8) is 0 Å². The quantitative estimate of drug-likeness (QED) is 0.182. The molecule has 14 nitrogen and oxygen atoms in total. The van der Waals surface area contributed by atoms with Crippen LogP contribution in [0, 0.1) is 0 Å². The molecule has 4 unspecified atom stereocenters. The molecule has 0 radical (unpaired) electrons. The number of halogens is 1. The van der Waals surface area contributed by atoms with Crippen molar-refractivity contribution in [3.8, 4) is 23.0 Å². The molecule has 1 aromatic carbocycles. The van der Waals surface area contributed by atoms with Crippen molar-refractivity contribution in [3.05, 3.63) is 77.2 Å². The first-order chi connectivity index (χ1) is 23.6. The number of hydrogen-bond acceptors (Lipinski definition) is 14. The lowest BCUT2D eigenvalue weighted by Gasteiger charge is -2.48. The average Bonchev–Trinajstić information content (AvgIpc) is 3.87. The van der Waals surface area contributed by atoms with Gasteiger partial charge in [0.2, 0.25) is 5.89 Å². The van der Waals surface area contributed by atoms with Gasteiger partial charge in [0.15, 0.2) is 11.4 Å². The molecular weight excluding hydrogens is 694 g/mol. The number of thiazole rings is 1. The van der Waals surface area contributed by atoms with Crippen molar-refractivity contribution >= 4 is 45.9 Å². The number of fused-ring (bicyclic) bond motifs is 1. The predicted molar refractivity (Wildman–Crippen MR) is 180 cm³/mol. The van der Waals surface area contributed by atoms with Gasteiger partial charge in [-0.15, -0.1) is 16.4 Å². The number of anilines is 1. The lowest BCUT2D eigenvalue weighted by atomic mass is 9.95. The van der Waals surface area contributed by atoms with Crippen molar-refractivity contribution in [2.24, 2.45) is 0 Å². The number of nitrogens with zero attached hydrogens (tertiary/aromatic N) is 6. The van der Waals surface area contributed by atoms with Gasteiger partial charge in [-0.05, 0) is 26.8 Å². The fraction of sp³-hybridized carbons (Fsp3) is 0.375. The summed E-state index contributed by atoms with van der Waals surface area (Å²) in [6.45, 7) is 5.63. The van der Waals surface area contributed by atoms with Crippen LogP contribution in [0.3, 0.4) is 0 Å². The van der Waals surface area contributed by atoms with Crippen molar-refractivity contribution in [2.45, 2.75) is 67.3 Å².